The molecule has 1 aliphatic carbocycles. The van der Waals surface area contributed by atoms with E-state index in [9.17, 15) is 0 Å². The van der Waals surface area contributed by atoms with Crippen molar-refractivity contribution in [3.63, 3.8) is 0 Å². The molecule has 3 rings (SSSR count). The average Bonchev–Trinajstić information content (AvgIpc) is 2.83. The molecule has 0 amide bonds. The molecular formula is C29H40F2O2. The van der Waals surface area contributed by atoms with Gasteiger partial charge < -0.3 is 9.47 Å². The summed E-state index contributed by atoms with van der Waals surface area (Å²) in [5.74, 6) is 0.0329. The van der Waals surface area contributed by atoms with E-state index in [0.717, 1.165) is 43.2 Å². The van der Waals surface area contributed by atoms with Crippen molar-refractivity contribution < 1.29 is 18.3 Å². The van der Waals surface area contributed by atoms with Crippen molar-refractivity contribution in [3.8, 4) is 22.6 Å². The van der Waals surface area contributed by atoms with Crippen molar-refractivity contribution in [2.45, 2.75) is 97.3 Å². The van der Waals surface area contributed by atoms with Gasteiger partial charge in [-0.1, -0.05) is 83.8 Å². The van der Waals surface area contributed by atoms with Gasteiger partial charge in [0.25, 0.3) is 0 Å². The molecule has 2 aromatic rings. The summed E-state index contributed by atoms with van der Waals surface area (Å²) in [5, 5.41) is 0. The number of rotatable bonds is 15. The highest BCUT2D eigenvalue weighted by Crippen LogP contribution is 2.40. The SMILES string of the molecule is CCCCCCCCCOc1ccc2c(c1F)CCc1c-2ccc(OCCCCCC)c1F. The van der Waals surface area contributed by atoms with E-state index in [0.29, 0.717) is 48.7 Å². The van der Waals surface area contributed by atoms with Gasteiger partial charge in [0.15, 0.2) is 23.1 Å². The number of halogens is 2. The molecule has 0 heterocycles. The molecule has 0 saturated carbocycles. The molecule has 1 aliphatic rings. The van der Waals surface area contributed by atoms with Gasteiger partial charge in [-0.25, -0.2) is 8.78 Å². The van der Waals surface area contributed by atoms with Crippen molar-refractivity contribution in [1.29, 1.82) is 0 Å². The zero-order valence-electron chi connectivity index (χ0n) is 20.5. The van der Waals surface area contributed by atoms with Crippen LogP contribution in [0.2, 0.25) is 0 Å². The van der Waals surface area contributed by atoms with Crippen LogP contribution in [0.1, 0.15) is 95.6 Å². The lowest BCUT2D eigenvalue weighted by molar-refractivity contribution is 0.288. The van der Waals surface area contributed by atoms with Crippen molar-refractivity contribution in [2.24, 2.45) is 0 Å². The molecule has 182 valence electrons. The van der Waals surface area contributed by atoms with E-state index in [2.05, 4.69) is 13.8 Å². The normalized spacial score (nSPS) is 12.4. The van der Waals surface area contributed by atoms with Gasteiger partial charge in [-0.2, -0.15) is 0 Å². The fourth-order valence-corrected chi connectivity index (χ4v) is 4.62. The first kappa shape index (κ1) is 25.5. The molecule has 0 aliphatic heterocycles. The molecule has 0 spiro atoms. The second-order valence-corrected chi connectivity index (χ2v) is 9.19. The van der Waals surface area contributed by atoms with Crippen LogP contribution in [0.4, 0.5) is 8.78 Å². The minimum absolute atomic E-state index is 0.294. The van der Waals surface area contributed by atoms with E-state index >= 15 is 8.78 Å². The van der Waals surface area contributed by atoms with E-state index in [-0.39, 0.29) is 11.6 Å². The highest BCUT2D eigenvalue weighted by atomic mass is 19.1. The third-order valence-electron chi connectivity index (χ3n) is 6.59. The quantitative estimate of drug-likeness (QED) is 0.248. The van der Waals surface area contributed by atoms with E-state index in [1.165, 1.54) is 38.5 Å². The largest absolute Gasteiger partial charge is 0.491 e. The molecule has 0 N–H and O–H groups in total. The molecule has 0 atom stereocenters. The first-order valence-corrected chi connectivity index (χ1v) is 13.1. The van der Waals surface area contributed by atoms with Crippen LogP contribution in [0.5, 0.6) is 11.5 Å². The van der Waals surface area contributed by atoms with Crippen molar-refractivity contribution >= 4 is 0 Å². The number of hydrogen-bond donors (Lipinski definition) is 0. The average molecular weight is 459 g/mol. The van der Waals surface area contributed by atoms with Gasteiger partial charge in [0, 0.05) is 0 Å². The molecule has 0 radical (unpaired) electrons. The van der Waals surface area contributed by atoms with E-state index in [1.54, 1.807) is 12.1 Å². The van der Waals surface area contributed by atoms with Gasteiger partial charge in [-0.15, -0.1) is 0 Å². The van der Waals surface area contributed by atoms with Crippen LogP contribution in [-0.4, -0.2) is 13.2 Å². The Morgan fingerprint density at radius 1 is 0.576 bits per heavy atom. The van der Waals surface area contributed by atoms with Gasteiger partial charge in [0.05, 0.1) is 13.2 Å². The summed E-state index contributed by atoms with van der Waals surface area (Å²) in [6.07, 6.45) is 13.7. The van der Waals surface area contributed by atoms with Gasteiger partial charge in [-0.05, 0) is 60.1 Å². The highest BCUT2D eigenvalue weighted by Gasteiger charge is 2.25. The predicted octanol–water partition coefficient (Wildman–Crippen LogP) is 8.82. The first-order valence-electron chi connectivity index (χ1n) is 13.1. The third-order valence-corrected chi connectivity index (χ3v) is 6.59. The number of ether oxygens (including phenoxy) is 2. The third kappa shape index (κ3) is 6.94. The van der Waals surface area contributed by atoms with E-state index < -0.39 is 0 Å². The summed E-state index contributed by atoms with van der Waals surface area (Å²) in [6, 6.07) is 7.13. The summed E-state index contributed by atoms with van der Waals surface area (Å²) >= 11 is 0. The predicted molar refractivity (Wildman–Crippen MR) is 132 cm³/mol. The minimum atomic E-state index is -0.298. The fraction of sp³-hybridized carbons (Fsp3) is 0.586. The van der Waals surface area contributed by atoms with Crippen LogP contribution in [0.15, 0.2) is 24.3 Å². The second kappa shape index (κ2) is 13.6. The van der Waals surface area contributed by atoms with Gasteiger partial charge in [0.1, 0.15) is 0 Å². The van der Waals surface area contributed by atoms with Crippen LogP contribution in [0.25, 0.3) is 11.1 Å². The molecule has 4 heteroatoms. The zero-order chi connectivity index (χ0) is 23.5. The summed E-state index contributed by atoms with van der Waals surface area (Å²) in [5.41, 5.74) is 2.80. The molecule has 0 fully saturated rings. The summed E-state index contributed by atoms with van der Waals surface area (Å²) in [7, 11) is 0. The second-order valence-electron chi connectivity index (χ2n) is 9.19. The highest BCUT2D eigenvalue weighted by molar-refractivity contribution is 5.75. The Kier molecular flexibility index (Phi) is 10.5. The fourth-order valence-electron chi connectivity index (χ4n) is 4.62. The van der Waals surface area contributed by atoms with Crippen LogP contribution < -0.4 is 9.47 Å². The van der Waals surface area contributed by atoms with Crippen LogP contribution >= 0.6 is 0 Å². The maximum absolute atomic E-state index is 15.2. The molecule has 0 unspecified atom stereocenters. The molecule has 0 bridgehead atoms. The Morgan fingerprint density at radius 3 is 1.42 bits per heavy atom. The summed E-state index contributed by atoms with van der Waals surface area (Å²) in [4.78, 5) is 0. The van der Waals surface area contributed by atoms with Crippen molar-refractivity contribution in [2.75, 3.05) is 13.2 Å². The lowest BCUT2D eigenvalue weighted by Gasteiger charge is -2.23. The van der Waals surface area contributed by atoms with E-state index in [4.69, 9.17) is 9.47 Å². The zero-order valence-corrected chi connectivity index (χ0v) is 20.5. The molecule has 33 heavy (non-hydrogen) atoms. The number of hydrogen-bond acceptors (Lipinski definition) is 2. The molecular weight excluding hydrogens is 418 g/mol. The molecule has 2 nitrogen and oxygen atoms in total. The van der Waals surface area contributed by atoms with Crippen LogP contribution in [-0.2, 0) is 12.8 Å². The smallest absolute Gasteiger partial charge is 0.168 e. The van der Waals surface area contributed by atoms with Gasteiger partial charge in [-0.3, -0.25) is 0 Å². The Morgan fingerprint density at radius 2 is 0.970 bits per heavy atom. The Balaban J connectivity index is 1.59. The molecule has 2 aromatic carbocycles. The van der Waals surface area contributed by atoms with Crippen molar-refractivity contribution in [3.05, 3.63) is 47.0 Å². The van der Waals surface area contributed by atoms with Gasteiger partial charge in [0.2, 0.25) is 0 Å². The van der Waals surface area contributed by atoms with Gasteiger partial charge >= 0.3 is 0 Å². The molecule has 0 aromatic heterocycles. The number of fused-ring (bicyclic) bond motifs is 3. The Hall–Kier alpha value is -2.10. The lowest BCUT2D eigenvalue weighted by atomic mass is 9.84. The summed E-state index contributed by atoms with van der Waals surface area (Å²) in [6.45, 7) is 5.45. The first-order chi connectivity index (χ1) is 16.2. The number of benzene rings is 2. The maximum Gasteiger partial charge on any atom is 0.168 e. The standard InChI is InChI=1S/C29H40F2O2/c1-3-5-7-9-10-11-13-21-33-27-19-17-23-22-16-18-26(32-20-12-8-6-4-2)28(30)24(22)14-15-25(23)29(27)31/h16-19H,3-15,20-21H2,1-2H3. The topological polar surface area (TPSA) is 18.5 Å². The Bertz CT molecular complexity index is 878. The van der Waals surface area contributed by atoms with Crippen LogP contribution in [0, 0.1) is 11.6 Å². The lowest BCUT2D eigenvalue weighted by Crippen LogP contribution is -2.11. The van der Waals surface area contributed by atoms with Crippen molar-refractivity contribution in [1.82, 2.24) is 0 Å². The maximum atomic E-state index is 15.2. The number of unbranched alkanes of at least 4 members (excludes halogenated alkanes) is 9. The van der Waals surface area contributed by atoms with Crippen LogP contribution in [0.3, 0.4) is 0 Å². The monoisotopic (exact) mass is 458 g/mol. The molecule has 0 saturated heterocycles. The van der Waals surface area contributed by atoms with E-state index in [1.807, 2.05) is 12.1 Å². The Labute approximate surface area is 198 Å². The minimum Gasteiger partial charge on any atom is -0.491 e. The summed E-state index contributed by atoms with van der Waals surface area (Å²) < 4.78 is 41.7.